The van der Waals surface area contributed by atoms with E-state index in [2.05, 4.69) is 4.99 Å². The van der Waals surface area contributed by atoms with Crippen molar-refractivity contribution in [1.29, 1.82) is 0 Å². The molecule has 5 nitrogen and oxygen atoms in total. The summed E-state index contributed by atoms with van der Waals surface area (Å²) >= 11 is 1.58. The van der Waals surface area contributed by atoms with Gasteiger partial charge in [0.2, 0.25) is 0 Å². The summed E-state index contributed by atoms with van der Waals surface area (Å²) in [6.45, 7) is 2.85. The van der Waals surface area contributed by atoms with Gasteiger partial charge in [0.25, 0.3) is 0 Å². The van der Waals surface area contributed by atoms with Gasteiger partial charge in [-0.25, -0.2) is 4.79 Å². The minimum absolute atomic E-state index is 0.0148. The van der Waals surface area contributed by atoms with E-state index in [-0.39, 0.29) is 36.3 Å². The highest BCUT2D eigenvalue weighted by molar-refractivity contribution is 7.10. The third kappa shape index (κ3) is 3.28. The van der Waals surface area contributed by atoms with Crippen molar-refractivity contribution in [3.8, 4) is 0 Å². The van der Waals surface area contributed by atoms with Gasteiger partial charge in [-0.05, 0) is 44.1 Å². The Morgan fingerprint density at radius 3 is 2.96 bits per heavy atom. The molecule has 3 atom stereocenters. The number of ether oxygens (including phenoxy) is 2. The number of allylic oxidation sites excluding steroid dienone is 1. The molecule has 3 heterocycles. The predicted molar refractivity (Wildman–Crippen MR) is 99.5 cm³/mol. The second-order valence-corrected chi connectivity index (χ2v) is 8.11. The van der Waals surface area contributed by atoms with Crippen LogP contribution in [0.3, 0.4) is 0 Å². The number of hydrogen-bond donors (Lipinski definition) is 0. The minimum Gasteiger partial charge on any atom is -0.460 e. The first kappa shape index (κ1) is 17.6. The molecule has 1 saturated carbocycles. The number of aliphatic imine (C=N–C) groups is 1. The number of ketones is 1. The van der Waals surface area contributed by atoms with E-state index in [0.29, 0.717) is 17.7 Å². The van der Waals surface area contributed by atoms with E-state index in [1.807, 2.05) is 24.4 Å². The average molecular weight is 373 g/mol. The molecule has 6 heteroatoms. The zero-order valence-corrected chi connectivity index (χ0v) is 15.7. The molecule has 1 saturated heterocycles. The largest absolute Gasteiger partial charge is 0.460 e. The van der Waals surface area contributed by atoms with E-state index in [1.54, 1.807) is 11.3 Å². The van der Waals surface area contributed by atoms with Crippen LogP contribution >= 0.6 is 11.3 Å². The minimum atomic E-state index is -0.363. The summed E-state index contributed by atoms with van der Waals surface area (Å²) in [5.41, 5.74) is 2.14. The first-order valence-electron chi connectivity index (χ1n) is 9.28. The smallest absolute Gasteiger partial charge is 0.336 e. The first-order chi connectivity index (χ1) is 12.6. The zero-order chi connectivity index (χ0) is 18.1. The maximum atomic E-state index is 12.9. The fourth-order valence-corrected chi connectivity index (χ4v) is 5.06. The monoisotopic (exact) mass is 373 g/mol. The van der Waals surface area contributed by atoms with Crippen LogP contribution in [0.25, 0.3) is 0 Å². The fourth-order valence-electron chi connectivity index (χ4n) is 4.18. The Morgan fingerprint density at radius 1 is 1.35 bits per heavy atom. The van der Waals surface area contributed by atoms with Crippen molar-refractivity contribution in [2.75, 3.05) is 13.2 Å². The quantitative estimate of drug-likeness (QED) is 0.756. The summed E-state index contributed by atoms with van der Waals surface area (Å²) in [6, 6.07) is 3.96. The highest BCUT2D eigenvalue weighted by atomic mass is 32.1. The number of thiophene rings is 1. The van der Waals surface area contributed by atoms with Gasteiger partial charge in [0.15, 0.2) is 0 Å². The van der Waals surface area contributed by atoms with Gasteiger partial charge in [-0.15, -0.1) is 11.3 Å². The van der Waals surface area contributed by atoms with Gasteiger partial charge in [0.1, 0.15) is 12.4 Å². The molecule has 2 aliphatic heterocycles. The number of nitrogens with zero attached hydrogens (tertiary/aromatic N) is 1. The highest BCUT2D eigenvalue weighted by Crippen LogP contribution is 2.44. The molecule has 0 aromatic carbocycles. The number of fused-ring (bicyclic) bond motifs is 1. The number of Topliss-reactive ketones (excluding diaryl/α,β-unsaturated/α-hetero) is 1. The summed E-state index contributed by atoms with van der Waals surface area (Å²) in [4.78, 5) is 31.3. The Labute approximate surface area is 157 Å². The normalized spacial score (nSPS) is 28.7. The summed E-state index contributed by atoms with van der Waals surface area (Å²) in [6.07, 6.45) is 4.14. The summed E-state index contributed by atoms with van der Waals surface area (Å²) in [7, 11) is 0. The van der Waals surface area contributed by atoms with Crippen molar-refractivity contribution < 1.29 is 19.1 Å². The topological polar surface area (TPSA) is 65.0 Å². The van der Waals surface area contributed by atoms with Crippen molar-refractivity contribution >= 4 is 28.8 Å². The van der Waals surface area contributed by atoms with Gasteiger partial charge in [-0.2, -0.15) is 0 Å². The van der Waals surface area contributed by atoms with E-state index in [9.17, 15) is 9.59 Å². The lowest BCUT2D eigenvalue weighted by Gasteiger charge is -2.34. The van der Waals surface area contributed by atoms with E-state index in [1.165, 1.54) is 0 Å². The van der Waals surface area contributed by atoms with Gasteiger partial charge in [0, 0.05) is 35.2 Å². The molecular formula is C20H23NO4S. The molecule has 3 aliphatic rings. The van der Waals surface area contributed by atoms with Crippen molar-refractivity contribution in [1.82, 2.24) is 0 Å². The van der Waals surface area contributed by atoms with Crippen molar-refractivity contribution in [2.45, 2.75) is 51.0 Å². The van der Waals surface area contributed by atoms with Crippen LogP contribution in [0.2, 0.25) is 0 Å². The Bertz CT molecular complexity index is 759. The van der Waals surface area contributed by atoms with Crippen LogP contribution in [0.5, 0.6) is 0 Å². The Balaban J connectivity index is 1.65. The fraction of sp³-hybridized carbons (Fsp3) is 0.550. The molecular weight excluding hydrogens is 350 g/mol. The van der Waals surface area contributed by atoms with Gasteiger partial charge < -0.3 is 9.47 Å². The maximum Gasteiger partial charge on any atom is 0.336 e. The molecule has 0 radical (unpaired) electrons. The Morgan fingerprint density at radius 2 is 2.23 bits per heavy atom. The standard InChI is InChI=1S/C20H23NO4S/c1-12-17(20(23)25-11-13-5-3-9-24-13)19(16-8-4-10-26-16)18-14(21-12)6-2-7-15(18)22/h4,8,10,13,18-19H,2-3,5-7,9,11H2,1H3/t13-,18-,19+/m0/s1. The number of carbonyl (C=O) groups is 2. The zero-order valence-electron chi connectivity index (χ0n) is 14.9. The van der Waals surface area contributed by atoms with Crippen LogP contribution in [0.15, 0.2) is 33.8 Å². The summed E-state index contributed by atoms with van der Waals surface area (Å²) in [5.74, 6) is -0.772. The lowest BCUT2D eigenvalue weighted by molar-refractivity contribution is -0.142. The van der Waals surface area contributed by atoms with Crippen LogP contribution in [0, 0.1) is 5.92 Å². The molecule has 138 valence electrons. The summed E-state index contributed by atoms with van der Waals surface area (Å²) in [5, 5.41) is 1.98. The van der Waals surface area contributed by atoms with E-state index in [0.717, 1.165) is 42.9 Å². The van der Waals surface area contributed by atoms with Gasteiger partial charge in [-0.3, -0.25) is 9.79 Å². The molecule has 2 fully saturated rings. The average Bonchev–Trinajstić information content (AvgIpc) is 3.32. The van der Waals surface area contributed by atoms with Crippen molar-refractivity contribution in [3.63, 3.8) is 0 Å². The molecule has 26 heavy (non-hydrogen) atoms. The molecule has 1 aliphatic carbocycles. The molecule has 0 N–H and O–H groups in total. The molecule has 0 bridgehead atoms. The third-order valence-corrected chi connectivity index (χ3v) is 6.36. The first-order valence-corrected chi connectivity index (χ1v) is 10.2. The Kier molecular flexibility index (Phi) is 5.05. The van der Waals surface area contributed by atoms with Crippen LogP contribution in [0.1, 0.15) is 49.8 Å². The van der Waals surface area contributed by atoms with Crippen LogP contribution in [0.4, 0.5) is 0 Å². The lowest BCUT2D eigenvalue weighted by atomic mass is 9.71. The van der Waals surface area contributed by atoms with Crippen LogP contribution < -0.4 is 0 Å². The second-order valence-electron chi connectivity index (χ2n) is 7.13. The lowest BCUT2D eigenvalue weighted by Crippen LogP contribution is -2.39. The molecule has 0 spiro atoms. The van der Waals surface area contributed by atoms with E-state index in [4.69, 9.17) is 9.47 Å². The molecule has 1 aromatic heterocycles. The van der Waals surface area contributed by atoms with Crippen LogP contribution in [-0.4, -0.2) is 36.8 Å². The van der Waals surface area contributed by atoms with Gasteiger partial charge in [0.05, 0.1) is 17.6 Å². The number of hydrogen-bond acceptors (Lipinski definition) is 6. The molecule has 0 amide bonds. The maximum absolute atomic E-state index is 12.9. The van der Waals surface area contributed by atoms with E-state index >= 15 is 0 Å². The van der Waals surface area contributed by atoms with Gasteiger partial charge >= 0.3 is 5.97 Å². The van der Waals surface area contributed by atoms with Crippen molar-refractivity contribution in [2.24, 2.45) is 10.9 Å². The second kappa shape index (κ2) is 7.45. The van der Waals surface area contributed by atoms with Crippen molar-refractivity contribution in [3.05, 3.63) is 33.7 Å². The Hall–Kier alpha value is -1.79. The molecule has 1 aromatic rings. The van der Waals surface area contributed by atoms with Gasteiger partial charge in [-0.1, -0.05) is 6.07 Å². The highest BCUT2D eigenvalue weighted by Gasteiger charge is 2.44. The van der Waals surface area contributed by atoms with E-state index < -0.39 is 0 Å². The van der Waals surface area contributed by atoms with Crippen LogP contribution in [-0.2, 0) is 19.1 Å². The number of rotatable bonds is 4. The third-order valence-electron chi connectivity index (χ3n) is 5.40. The molecule has 4 rings (SSSR count). The number of esters is 1. The predicted octanol–water partition coefficient (Wildman–Crippen LogP) is 3.65. The molecule has 0 unspecified atom stereocenters. The summed E-state index contributed by atoms with van der Waals surface area (Å²) < 4.78 is 11.1. The number of carbonyl (C=O) groups excluding carboxylic acids is 2. The SMILES string of the molecule is CC1=C(C(=O)OC[C@@H]2CCCO2)[C@@H](c2cccs2)[C@@H]2C(=O)CCCC2=N1.